The Morgan fingerprint density at radius 2 is 1.67 bits per heavy atom. The van der Waals surface area contributed by atoms with Crippen molar-refractivity contribution in [3.63, 3.8) is 0 Å². The molecule has 1 saturated heterocycles. The molecule has 4 rings (SSSR count). The molecule has 0 atom stereocenters. The van der Waals surface area contributed by atoms with Crippen LogP contribution < -0.4 is 15.0 Å². The maximum absolute atomic E-state index is 13.1. The van der Waals surface area contributed by atoms with Crippen LogP contribution in [0.3, 0.4) is 0 Å². The lowest BCUT2D eigenvalue weighted by Crippen LogP contribution is -2.54. The third-order valence-electron chi connectivity index (χ3n) is 4.74. The normalized spacial score (nSPS) is 15.1. The minimum atomic E-state index is -0.809. The van der Waals surface area contributed by atoms with Gasteiger partial charge in [-0.2, -0.15) is 0 Å². The number of anilines is 1. The van der Waals surface area contributed by atoms with E-state index in [9.17, 15) is 14.4 Å². The zero-order valence-electron chi connectivity index (χ0n) is 16.8. The van der Waals surface area contributed by atoms with Crippen molar-refractivity contribution in [2.24, 2.45) is 0 Å². The molecule has 4 amide bonds. The minimum Gasteiger partial charge on any atom is -0.488 e. The molecule has 3 aromatic carbocycles. The molecule has 9 heteroatoms. The fourth-order valence-corrected chi connectivity index (χ4v) is 4.05. The maximum atomic E-state index is 13.1. The summed E-state index contributed by atoms with van der Waals surface area (Å²) >= 11 is 12.8. The quantitative estimate of drug-likeness (QED) is 0.288. The molecule has 1 N–H and O–H groups in total. The van der Waals surface area contributed by atoms with Crippen LogP contribution in [0.1, 0.15) is 11.1 Å². The standard InChI is InChI=1S/C24H15Br2ClN2O4/c25-16-4-7-19(8-5-16)29-23(31)20(22(30)28-24(29)32)12-15-11-17(26)6-9-21(15)33-13-14-2-1-3-18(27)10-14/h1-12H,13H2,(H,28,30,32)/b20-12+. The van der Waals surface area contributed by atoms with Gasteiger partial charge in [0.25, 0.3) is 11.8 Å². The highest BCUT2D eigenvalue weighted by Gasteiger charge is 2.37. The van der Waals surface area contributed by atoms with Crippen molar-refractivity contribution in [3.05, 3.63) is 97.4 Å². The van der Waals surface area contributed by atoms with Crippen molar-refractivity contribution >= 4 is 73.1 Å². The zero-order chi connectivity index (χ0) is 23.5. The number of hydrogen-bond donors (Lipinski definition) is 1. The summed E-state index contributed by atoms with van der Waals surface area (Å²) in [6.45, 7) is 0.238. The number of imide groups is 2. The van der Waals surface area contributed by atoms with Gasteiger partial charge in [-0.3, -0.25) is 14.9 Å². The number of ether oxygens (including phenoxy) is 1. The first kappa shape index (κ1) is 23.2. The van der Waals surface area contributed by atoms with Crippen molar-refractivity contribution < 1.29 is 19.1 Å². The van der Waals surface area contributed by atoms with E-state index in [0.717, 1.165) is 19.4 Å². The van der Waals surface area contributed by atoms with E-state index in [1.807, 2.05) is 12.1 Å². The summed E-state index contributed by atoms with van der Waals surface area (Å²) in [7, 11) is 0. The number of nitrogens with one attached hydrogen (secondary N) is 1. The van der Waals surface area contributed by atoms with Crippen LogP contribution in [0.2, 0.25) is 5.02 Å². The number of barbiturate groups is 1. The lowest BCUT2D eigenvalue weighted by atomic mass is 10.1. The summed E-state index contributed by atoms with van der Waals surface area (Å²) < 4.78 is 7.46. The van der Waals surface area contributed by atoms with Gasteiger partial charge in [-0.25, -0.2) is 9.69 Å². The predicted molar refractivity (Wildman–Crippen MR) is 133 cm³/mol. The Morgan fingerprint density at radius 3 is 2.39 bits per heavy atom. The number of amides is 4. The topological polar surface area (TPSA) is 75.7 Å². The Balaban J connectivity index is 1.67. The first-order chi connectivity index (χ1) is 15.8. The molecule has 0 aliphatic carbocycles. The molecule has 1 aliphatic heterocycles. The van der Waals surface area contributed by atoms with Crippen LogP contribution in [-0.4, -0.2) is 17.8 Å². The number of nitrogens with zero attached hydrogens (tertiary/aromatic N) is 1. The molecule has 0 bridgehead atoms. The summed E-state index contributed by atoms with van der Waals surface area (Å²) in [5.41, 5.74) is 1.51. The second-order valence-corrected chi connectivity index (χ2v) is 9.30. The summed E-state index contributed by atoms with van der Waals surface area (Å²) in [6, 6.07) is 18.3. The highest BCUT2D eigenvalue weighted by Crippen LogP contribution is 2.29. The van der Waals surface area contributed by atoms with E-state index >= 15 is 0 Å². The number of rotatable bonds is 5. The van der Waals surface area contributed by atoms with Gasteiger partial charge in [0.05, 0.1) is 5.69 Å². The van der Waals surface area contributed by atoms with Gasteiger partial charge in [0, 0.05) is 19.5 Å². The molecule has 1 fully saturated rings. The Hall–Kier alpha value is -2.94. The molecule has 0 unspecified atom stereocenters. The van der Waals surface area contributed by atoms with Crippen LogP contribution in [-0.2, 0) is 16.2 Å². The van der Waals surface area contributed by atoms with Crippen molar-refractivity contribution in [2.45, 2.75) is 6.61 Å². The molecule has 3 aromatic rings. The van der Waals surface area contributed by atoms with Crippen LogP contribution >= 0.6 is 43.5 Å². The summed E-state index contributed by atoms with van der Waals surface area (Å²) in [5, 5.41) is 2.82. The van der Waals surface area contributed by atoms with Gasteiger partial charge in [-0.15, -0.1) is 0 Å². The van der Waals surface area contributed by atoms with E-state index in [1.54, 1.807) is 54.6 Å². The zero-order valence-corrected chi connectivity index (χ0v) is 20.8. The van der Waals surface area contributed by atoms with Crippen molar-refractivity contribution in [1.82, 2.24) is 5.32 Å². The highest BCUT2D eigenvalue weighted by atomic mass is 79.9. The van der Waals surface area contributed by atoms with Crippen LogP contribution in [0.25, 0.3) is 6.08 Å². The molecule has 166 valence electrons. The van der Waals surface area contributed by atoms with Crippen LogP contribution in [0, 0.1) is 0 Å². The molecule has 1 aliphatic rings. The van der Waals surface area contributed by atoms with Gasteiger partial charge in [-0.1, -0.05) is 55.6 Å². The fourth-order valence-electron chi connectivity index (χ4n) is 3.19. The second-order valence-electron chi connectivity index (χ2n) is 7.04. The third-order valence-corrected chi connectivity index (χ3v) is 6.00. The lowest BCUT2D eigenvalue weighted by Gasteiger charge is -2.26. The first-order valence-electron chi connectivity index (χ1n) is 9.65. The summed E-state index contributed by atoms with van der Waals surface area (Å²) in [4.78, 5) is 39.0. The lowest BCUT2D eigenvalue weighted by molar-refractivity contribution is -0.122. The molecule has 0 saturated carbocycles. The molecule has 6 nitrogen and oxygen atoms in total. The van der Waals surface area contributed by atoms with Crippen LogP contribution in [0.4, 0.5) is 10.5 Å². The average Bonchev–Trinajstić information content (AvgIpc) is 2.77. The number of carbonyl (C=O) groups excluding carboxylic acids is 3. The number of urea groups is 1. The van der Waals surface area contributed by atoms with Crippen molar-refractivity contribution in [1.29, 1.82) is 0 Å². The average molecular weight is 591 g/mol. The van der Waals surface area contributed by atoms with E-state index < -0.39 is 17.8 Å². The third kappa shape index (κ3) is 5.35. The highest BCUT2D eigenvalue weighted by molar-refractivity contribution is 9.10. The molecule has 1 heterocycles. The number of hydrogen-bond acceptors (Lipinski definition) is 4. The molecule has 0 radical (unpaired) electrons. The summed E-state index contributed by atoms with van der Waals surface area (Å²) in [6.07, 6.45) is 1.41. The Kier molecular flexibility index (Phi) is 6.97. The Bertz CT molecular complexity index is 1290. The fraction of sp³-hybridized carbons (Fsp3) is 0.0417. The molecular formula is C24H15Br2ClN2O4. The number of halogens is 3. The number of benzene rings is 3. The van der Waals surface area contributed by atoms with Gasteiger partial charge >= 0.3 is 6.03 Å². The van der Waals surface area contributed by atoms with E-state index in [-0.39, 0.29) is 12.2 Å². The first-order valence-corrected chi connectivity index (χ1v) is 11.6. The largest absolute Gasteiger partial charge is 0.488 e. The van der Waals surface area contributed by atoms with Crippen molar-refractivity contribution in [2.75, 3.05) is 4.90 Å². The van der Waals surface area contributed by atoms with Crippen LogP contribution in [0.15, 0.2) is 81.2 Å². The summed E-state index contributed by atoms with van der Waals surface area (Å²) in [5.74, 6) is -1.05. The molecule has 33 heavy (non-hydrogen) atoms. The second kappa shape index (κ2) is 9.91. The number of carbonyl (C=O) groups is 3. The van der Waals surface area contributed by atoms with Gasteiger partial charge in [0.15, 0.2) is 0 Å². The Morgan fingerprint density at radius 1 is 0.939 bits per heavy atom. The maximum Gasteiger partial charge on any atom is 0.335 e. The van der Waals surface area contributed by atoms with Gasteiger partial charge in [-0.05, 0) is 66.2 Å². The smallest absolute Gasteiger partial charge is 0.335 e. The molecular weight excluding hydrogens is 576 g/mol. The molecule has 0 spiro atoms. The van der Waals surface area contributed by atoms with Gasteiger partial charge < -0.3 is 4.74 Å². The van der Waals surface area contributed by atoms with Crippen molar-refractivity contribution in [3.8, 4) is 5.75 Å². The predicted octanol–water partition coefficient (Wildman–Crippen LogP) is 6.11. The van der Waals surface area contributed by atoms with E-state index in [0.29, 0.717) is 22.0 Å². The van der Waals surface area contributed by atoms with Gasteiger partial charge in [0.1, 0.15) is 17.9 Å². The van der Waals surface area contributed by atoms with E-state index in [4.69, 9.17) is 16.3 Å². The molecule has 0 aromatic heterocycles. The van der Waals surface area contributed by atoms with E-state index in [2.05, 4.69) is 37.2 Å². The minimum absolute atomic E-state index is 0.191. The SMILES string of the molecule is O=C1NC(=O)N(c2ccc(Br)cc2)C(=O)/C1=C/c1cc(Br)ccc1OCc1cccc(Cl)c1. The van der Waals surface area contributed by atoms with Gasteiger partial charge in [0.2, 0.25) is 0 Å². The monoisotopic (exact) mass is 588 g/mol. The van der Waals surface area contributed by atoms with Crippen LogP contribution in [0.5, 0.6) is 5.75 Å². The van der Waals surface area contributed by atoms with E-state index in [1.165, 1.54) is 6.08 Å². The Labute approximate surface area is 211 Å².